The monoisotopic (exact) mass is 386 g/mol. The highest BCUT2D eigenvalue weighted by Gasteiger charge is 2.08. The largest absolute Gasteiger partial charge is 0.484 e. The van der Waals surface area contributed by atoms with E-state index in [1.54, 1.807) is 24.3 Å². The number of carbonyl (C=O) groups is 2. The summed E-state index contributed by atoms with van der Waals surface area (Å²) in [6.07, 6.45) is 0. The number of halogens is 3. The molecule has 2 amide bonds. The van der Waals surface area contributed by atoms with Gasteiger partial charge in [0.2, 0.25) is 5.91 Å². The van der Waals surface area contributed by atoms with Gasteiger partial charge in [0.15, 0.2) is 18.2 Å². The van der Waals surface area contributed by atoms with Crippen LogP contribution >= 0.6 is 23.4 Å². The van der Waals surface area contributed by atoms with Crippen LogP contribution in [0.15, 0.2) is 47.4 Å². The number of thioether (sulfide) groups is 1. The Bertz CT molecular complexity index is 760. The molecule has 25 heavy (non-hydrogen) atoms. The van der Waals surface area contributed by atoms with Gasteiger partial charge in [-0.15, -0.1) is 11.8 Å². The van der Waals surface area contributed by atoms with Gasteiger partial charge in [0, 0.05) is 9.92 Å². The number of hydrogen-bond acceptors (Lipinski definition) is 4. The maximum Gasteiger partial charge on any atom is 0.276 e. The van der Waals surface area contributed by atoms with Gasteiger partial charge in [-0.1, -0.05) is 11.6 Å². The molecule has 9 heteroatoms. The fourth-order valence-corrected chi connectivity index (χ4v) is 2.45. The Labute approximate surface area is 151 Å². The molecule has 0 fully saturated rings. The van der Waals surface area contributed by atoms with E-state index in [9.17, 15) is 18.4 Å². The molecular formula is C16H13ClF2N2O3S. The Hall–Kier alpha value is -2.32. The molecule has 0 saturated heterocycles. The first-order valence-electron chi connectivity index (χ1n) is 6.98. The minimum absolute atomic E-state index is 0.0800. The van der Waals surface area contributed by atoms with E-state index in [0.29, 0.717) is 15.7 Å². The number of benzene rings is 2. The number of hydrazine groups is 1. The highest BCUT2D eigenvalue weighted by molar-refractivity contribution is 8.00. The molecule has 2 N–H and O–H groups in total. The lowest BCUT2D eigenvalue weighted by atomic mass is 10.3. The quantitative estimate of drug-likeness (QED) is 0.591. The van der Waals surface area contributed by atoms with Crippen LogP contribution in [0, 0.1) is 11.6 Å². The average Bonchev–Trinajstić information content (AvgIpc) is 2.60. The molecular weight excluding hydrogens is 374 g/mol. The van der Waals surface area contributed by atoms with Crippen molar-refractivity contribution in [3.8, 4) is 5.75 Å². The number of nitrogens with one attached hydrogen (secondary N) is 2. The summed E-state index contributed by atoms with van der Waals surface area (Å²) in [7, 11) is 0. The average molecular weight is 387 g/mol. The van der Waals surface area contributed by atoms with E-state index in [4.69, 9.17) is 16.3 Å². The van der Waals surface area contributed by atoms with Gasteiger partial charge in [0.25, 0.3) is 5.91 Å². The molecule has 2 aromatic carbocycles. The molecule has 0 spiro atoms. The molecule has 0 heterocycles. The summed E-state index contributed by atoms with van der Waals surface area (Å²) in [6.45, 7) is -0.293. The standard InChI is InChI=1S/C16H13ClF2N2O3S/c17-10-1-3-11(4-2-10)24-8-15(22)20-21-16(23)9-25-12-5-6-13(18)14(19)7-12/h1-7H,8-9H2,(H,20,22)(H,21,23). The zero-order valence-electron chi connectivity index (χ0n) is 12.7. The third-order valence-electron chi connectivity index (χ3n) is 2.79. The fraction of sp³-hybridized carbons (Fsp3) is 0.125. The van der Waals surface area contributed by atoms with E-state index >= 15 is 0 Å². The first-order chi connectivity index (χ1) is 11.9. The number of amides is 2. The third-order valence-corrected chi connectivity index (χ3v) is 4.03. The second kappa shape index (κ2) is 9.24. The SMILES string of the molecule is O=C(COc1ccc(Cl)cc1)NNC(=O)CSc1ccc(F)c(F)c1. The van der Waals surface area contributed by atoms with Crippen molar-refractivity contribution in [3.63, 3.8) is 0 Å². The zero-order valence-corrected chi connectivity index (χ0v) is 14.3. The summed E-state index contributed by atoms with van der Waals surface area (Å²) in [5.74, 6) is -2.63. The maximum absolute atomic E-state index is 13.0. The minimum atomic E-state index is -0.988. The lowest BCUT2D eigenvalue weighted by Crippen LogP contribution is -2.44. The van der Waals surface area contributed by atoms with Crippen LogP contribution in [0.25, 0.3) is 0 Å². The fourth-order valence-electron chi connectivity index (χ4n) is 1.61. The summed E-state index contributed by atoms with van der Waals surface area (Å²) in [5, 5.41) is 0.544. The number of rotatable bonds is 6. The topological polar surface area (TPSA) is 67.4 Å². The van der Waals surface area contributed by atoms with Crippen molar-refractivity contribution >= 4 is 35.2 Å². The smallest absolute Gasteiger partial charge is 0.276 e. The highest BCUT2D eigenvalue weighted by Crippen LogP contribution is 2.20. The van der Waals surface area contributed by atoms with E-state index in [1.165, 1.54) is 6.07 Å². The van der Waals surface area contributed by atoms with Crippen molar-refractivity contribution in [2.75, 3.05) is 12.4 Å². The molecule has 0 aromatic heterocycles. The second-order valence-corrected chi connectivity index (χ2v) is 6.19. The van der Waals surface area contributed by atoms with Crippen LogP contribution in [0.2, 0.25) is 5.02 Å². The summed E-state index contributed by atoms with van der Waals surface area (Å²) >= 11 is 6.73. The predicted molar refractivity (Wildman–Crippen MR) is 90.3 cm³/mol. The minimum Gasteiger partial charge on any atom is -0.484 e. The van der Waals surface area contributed by atoms with Crippen LogP contribution in [0.5, 0.6) is 5.75 Å². The van der Waals surface area contributed by atoms with Crippen LogP contribution in [0.4, 0.5) is 8.78 Å². The van der Waals surface area contributed by atoms with Gasteiger partial charge in [-0.2, -0.15) is 0 Å². The van der Waals surface area contributed by atoms with Gasteiger partial charge < -0.3 is 4.74 Å². The lowest BCUT2D eigenvalue weighted by molar-refractivity contribution is -0.128. The summed E-state index contributed by atoms with van der Waals surface area (Å²) < 4.78 is 31.0. The Balaban J connectivity index is 1.67. The Kier molecular flexibility index (Phi) is 7.03. The van der Waals surface area contributed by atoms with E-state index in [1.807, 2.05) is 0 Å². The van der Waals surface area contributed by atoms with Gasteiger partial charge in [-0.05, 0) is 42.5 Å². The van der Waals surface area contributed by atoms with Crippen LogP contribution < -0.4 is 15.6 Å². The molecule has 0 aliphatic rings. The van der Waals surface area contributed by atoms with Gasteiger partial charge in [-0.3, -0.25) is 20.4 Å². The summed E-state index contributed by atoms with van der Waals surface area (Å²) in [5.41, 5.74) is 4.38. The van der Waals surface area contributed by atoms with Crippen LogP contribution in [0.3, 0.4) is 0 Å². The van der Waals surface area contributed by atoms with Gasteiger partial charge in [0.05, 0.1) is 5.75 Å². The molecule has 0 aliphatic heterocycles. The number of hydrogen-bond donors (Lipinski definition) is 2. The summed E-state index contributed by atoms with van der Waals surface area (Å²) in [6, 6.07) is 9.77. The third kappa shape index (κ3) is 6.60. The van der Waals surface area contributed by atoms with E-state index in [0.717, 1.165) is 23.9 Å². The zero-order chi connectivity index (χ0) is 18.2. The second-order valence-electron chi connectivity index (χ2n) is 4.70. The number of ether oxygens (including phenoxy) is 1. The molecule has 0 radical (unpaired) electrons. The van der Waals surface area contributed by atoms with Crippen molar-refractivity contribution in [2.24, 2.45) is 0 Å². The van der Waals surface area contributed by atoms with Gasteiger partial charge in [0.1, 0.15) is 5.75 Å². The predicted octanol–water partition coefficient (Wildman–Crippen LogP) is 2.94. The van der Waals surface area contributed by atoms with E-state index < -0.39 is 23.4 Å². The highest BCUT2D eigenvalue weighted by atomic mass is 35.5. The molecule has 0 aliphatic carbocycles. The van der Waals surface area contributed by atoms with Gasteiger partial charge in [-0.25, -0.2) is 8.78 Å². The molecule has 5 nitrogen and oxygen atoms in total. The molecule has 0 saturated carbocycles. The summed E-state index contributed by atoms with van der Waals surface area (Å²) in [4.78, 5) is 23.6. The number of carbonyl (C=O) groups excluding carboxylic acids is 2. The Morgan fingerprint density at radius 2 is 1.68 bits per heavy atom. The Morgan fingerprint density at radius 3 is 2.36 bits per heavy atom. The van der Waals surface area contributed by atoms with Crippen LogP contribution in [0.1, 0.15) is 0 Å². The van der Waals surface area contributed by atoms with Crippen molar-refractivity contribution in [1.29, 1.82) is 0 Å². The van der Waals surface area contributed by atoms with Gasteiger partial charge >= 0.3 is 0 Å². The molecule has 0 bridgehead atoms. The molecule has 0 unspecified atom stereocenters. The van der Waals surface area contributed by atoms with E-state index in [2.05, 4.69) is 10.9 Å². The van der Waals surface area contributed by atoms with Crippen molar-refractivity contribution in [2.45, 2.75) is 4.90 Å². The van der Waals surface area contributed by atoms with Crippen molar-refractivity contribution in [1.82, 2.24) is 10.9 Å². The van der Waals surface area contributed by atoms with Crippen molar-refractivity contribution in [3.05, 3.63) is 59.1 Å². The van der Waals surface area contributed by atoms with E-state index in [-0.39, 0.29) is 12.4 Å². The molecule has 132 valence electrons. The van der Waals surface area contributed by atoms with Crippen molar-refractivity contribution < 1.29 is 23.1 Å². The lowest BCUT2D eigenvalue weighted by Gasteiger charge is -2.09. The first kappa shape index (κ1) is 19.0. The Morgan fingerprint density at radius 1 is 1.00 bits per heavy atom. The van der Waals surface area contributed by atoms with Crippen LogP contribution in [-0.4, -0.2) is 24.2 Å². The normalized spacial score (nSPS) is 10.2. The van der Waals surface area contributed by atoms with Crippen LogP contribution in [-0.2, 0) is 9.59 Å². The molecule has 2 aromatic rings. The first-order valence-corrected chi connectivity index (χ1v) is 8.34. The molecule has 0 atom stereocenters. The molecule has 2 rings (SSSR count). The maximum atomic E-state index is 13.0.